The molecule has 15 heavy (non-hydrogen) atoms. The van der Waals surface area contributed by atoms with Crippen molar-refractivity contribution >= 4 is 12.1 Å². The molecule has 0 spiro atoms. The molecule has 0 saturated carbocycles. The third kappa shape index (κ3) is 4.08. The van der Waals surface area contributed by atoms with Crippen LogP contribution < -0.4 is 0 Å². The van der Waals surface area contributed by atoms with Crippen LogP contribution in [0.2, 0.25) is 0 Å². The lowest BCUT2D eigenvalue weighted by Crippen LogP contribution is -2.29. The van der Waals surface area contributed by atoms with Crippen LogP contribution in [0.25, 0.3) is 4.98 Å². The molecule has 0 atom stereocenters. The predicted molar refractivity (Wildman–Crippen MR) is 53.6 cm³/mol. The Morgan fingerprint density at radius 2 is 2.33 bits per heavy atom. The average molecular weight is 213 g/mol. The molecule has 0 aliphatic rings. The Bertz CT molecular complexity index is 325. The van der Waals surface area contributed by atoms with Gasteiger partial charge in [0.05, 0.1) is 12.8 Å². The summed E-state index contributed by atoms with van der Waals surface area (Å²) in [6.45, 7) is 1.43. The Hall–Kier alpha value is -2.10. The van der Waals surface area contributed by atoms with Crippen molar-refractivity contribution in [2.75, 3.05) is 20.7 Å². The molecule has 0 aromatic rings. The van der Waals surface area contributed by atoms with Crippen LogP contribution in [0.1, 0.15) is 6.92 Å². The number of nitrogens with zero attached hydrogens (tertiary/aromatic N) is 4. The number of aliphatic hydroxyl groups is 1. The molecule has 1 N–H and O–H groups in total. The topological polar surface area (TPSA) is 90.3 Å². The predicted octanol–water partition coefficient (Wildman–Crippen LogP) is 0.720. The molecule has 0 fully saturated rings. The van der Waals surface area contributed by atoms with Crippen molar-refractivity contribution in [3.63, 3.8) is 0 Å². The van der Waals surface area contributed by atoms with E-state index in [1.165, 1.54) is 32.2 Å². The minimum atomic E-state index is -0.611. The Kier molecular flexibility index (Phi) is 5.48. The average Bonchev–Trinajstić information content (AvgIpc) is 2.18. The second-order valence-electron chi connectivity index (χ2n) is 2.69. The van der Waals surface area contributed by atoms with Gasteiger partial charge in [-0.1, -0.05) is 5.16 Å². The van der Waals surface area contributed by atoms with E-state index in [2.05, 4.69) is 15.0 Å². The van der Waals surface area contributed by atoms with Gasteiger partial charge in [-0.15, -0.1) is 0 Å². The molecule has 0 heterocycles. The molecular formula is C8H13N4O3+. The van der Waals surface area contributed by atoms with Gasteiger partial charge in [0.2, 0.25) is 5.39 Å². The van der Waals surface area contributed by atoms with E-state index in [4.69, 9.17) is 10.5 Å². The number of oxime groups is 1. The van der Waals surface area contributed by atoms with Gasteiger partial charge >= 0.3 is 11.6 Å². The minimum absolute atomic E-state index is 0.180. The Morgan fingerprint density at radius 3 is 2.73 bits per heavy atom. The third-order valence-electron chi connectivity index (χ3n) is 1.53. The number of rotatable bonds is 4. The number of carbonyl (C=O) groups excluding carboxylic acids is 1. The van der Waals surface area contributed by atoms with Crippen molar-refractivity contribution in [3.05, 3.63) is 16.4 Å². The van der Waals surface area contributed by atoms with E-state index in [1.807, 2.05) is 0 Å². The number of hydrogen-bond acceptors (Lipinski definition) is 5. The van der Waals surface area contributed by atoms with Crippen LogP contribution in [0.5, 0.6) is 0 Å². The molecule has 0 aromatic carbocycles. The van der Waals surface area contributed by atoms with E-state index in [0.29, 0.717) is 0 Å². The van der Waals surface area contributed by atoms with Gasteiger partial charge in [0.15, 0.2) is 10.7 Å². The van der Waals surface area contributed by atoms with Crippen LogP contribution in [0, 0.1) is 5.39 Å². The summed E-state index contributed by atoms with van der Waals surface area (Å²) in [6, 6.07) is 0. The summed E-state index contributed by atoms with van der Waals surface area (Å²) in [5, 5.41) is 20.9. The zero-order valence-electron chi connectivity index (χ0n) is 8.84. The lowest BCUT2D eigenvalue weighted by Gasteiger charge is -2.09. The van der Waals surface area contributed by atoms with Gasteiger partial charge in [0, 0.05) is 14.0 Å². The highest BCUT2D eigenvalue weighted by atomic mass is 16.6. The largest absolute Gasteiger partial charge is 0.505 e. The SMILES string of the molecule is CO/N=C/CN(C)C(=O)/C([N+]#N)=C(/C)O. The first-order valence-electron chi connectivity index (χ1n) is 4.10. The number of carbonyl (C=O) groups is 1. The number of likely N-dealkylation sites (N-methyl/N-ethyl adjacent to an activating group) is 1. The Morgan fingerprint density at radius 1 is 1.73 bits per heavy atom. The summed E-state index contributed by atoms with van der Waals surface area (Å²) in [4.78, 5) is 19.8. The summed E-state index contributed by atoms with van der Waals surface area (Å²) < 4.78 is 0. The van der Waals surface area contributed by atoms with Gasteiger partial charge in [0.1, 0.15) is 7.11 Å². The molecule has 7 heteroatoms. The standard InChI is InChI=1S/C8H12N4O3/c1-6(13)7(11-9)8(14)12(2)5-4-10-15-3/h4H,5H2,1-3H3/p+1/b10-4+. The van der Waals surface area contributed by atoms with E-state index < -0.39 is 11.6 Å². The van der Waals surface area contributed by atoms with Gasteiger partial charge < -0.3 is 14.8 Å². The first-order valence-corrected chi connectivity index (χ1v) is 4.10. The zero-order valence-corrected chi connectivity index (χ0v) is 8.84. The maximum atomic E-state index is 11.5. The summed E-state index contributed by atoms with van der Waals surface area (Å²) in [7, 11) is 2.85. The van der Waals surface area contributed by atoms with Crippen LogP contribution >= 0.6 is 0 Å². The fourth-order valence-electron chi connectivity index (χ4n) is 0.764. The third-order valence-corrected chi connectivity index (χ3v) is 1.53. The van der Waals surface area contributed by atoms with E-state index in [9.17, 15) is 4.79 Å². The number of hydrogen-bond donors (Lipinski definition) is 1. The lowest BCUT2D eigenvalue weighted by atomic mass is 10.3. The normalized spacial score (nSPS) is 11.9. The second-order valence-corrected chi connectivity index (χ2v) is 2.69. The van der Waals surface area contributed by atoms with Crippen LogP contribution in [-0.2, 0) is 9.63 Å². The van der Waals surface area contributed by atoms with Crippen LogP contribution in [0.15, 0.2) is 16.6 Å². The first-order chi connectivity index (χ1) is 7.04. The monoisotopic (exact) mass is 213 g/mol. The number of aliphatic hydroxyl groups excluding tert-OH is 1. The Balaban J connectivity index is 4.53. The van der Waals surface area contributed by atoms with E-state index in [1.54, 1.807) is 0 Å². The number of allylic oxidation sites excluding steroid dienone is 1. The quantitative estimate of drug-likeness (QED) is 0.245. The highest BCUT2D eigenvalue weighted by molar-refractivity contribution is 5.96. The van der Waals surface area contributed by atoms with Crippen molar-refractivity contribution in [2.24, 2.45) is 5.16 Å². The highest BCUT2D eigenvalue weighted by Gasteiger charge is 2.29. The van der Waals surface area contributed by atoms with Crippen molar-refractivity contribution in [3.8, 4) is 0 Å². The maximum Gasteiger partial charge on any atom is 0.485 e. The molecule has 0 aromatic heterocycles. The second kappa shape index (κ2) is 6.37. The molecule has 7 nitrogen and oxygen atoms in total. The number of amides is 1. The molecule has 0 aliphatic carbocycles. The summed E-state index contributed by atoms with van der Waals surface area (Å²) >= 11 is 0. The molecule has 0 aliphatic heterocycles. The molecule has 82 valence electrons. The van der Waals surface area contributed by atoms with Gasteiger partial charge in [-0.25, -0.2) is 0 Å². The smallest absolute Gasteiger partial charge is 0.485 e. The number of diazo groups is 1. The van der Waals surface area contributed by atoms with Gasteiger partial charge in [-0.05, 0) is 0 Å². The van der Waals surface area contributed by atoms with Crippen molar-refractivity contribution in [1.82, 2.24) is 4.90 Å². The van der Waals surface area contributed by atoms with Gasteiger partial charge in [0.25, 0.3) is 0 Å². The maximum absolute atomic E-state index is 11.5. The molecule has 0 saturated heterocycles. The fraction of sp³-hybridized carbons (Fsp3) is 0.500. The zero-order chi connectivity index (χ0) is 11.8. The van der Waals surface area contributed by atoms with Crippen LogP contribution in [0.3, 0.4) is 0 Å². The van der Waals surface area contributed by atoms with E-state index >= 15 is 0 Å². The molecule has 0 radical (unpaired) electrons. The molecule has 0 rings (SSSR count). The molecule has 1 amide bonds. The molecular weight excluding hydrogens is 200 g/mol. The van der Waals surface area contributed by atoms with Crippen molar-refractivity contribution in [1.29, 1.82) is 5.39 Å². The van der Waals surface area contributed by atoms with Crippen LogP contribution in [0.4, 0.5) is 0 Å². The van der Waals surface area contributed by atoms with E-state index in [0.717, 1.165) is 0 Å². The Labute approximate surface area is 87.2 Å². The van der Waals surface area contributed by atoms with Crippen LogP contribution in [-0.4, -0.2) is 42.8 Å². The van der Waals surface area contributed by atoms with Gasteiger partial charge in [-0.2, -0.15) is 0 Å². The highest BCUT2D eigenvalue weighted by Crippen LogP contribution is 2.06. The lowest BCUT2D eigenvalue weighted by molar-refractivity contribution is -0.125. The first kappa shape index (κ1) is 12.9. The minimum Gasteiger partial charge on any atom is -0.505 e. The molecule has 0 bridgehead atoms. The van der Waals surface area contributed by atoms with E-state index in [-0.39, 0.29) is 12.3 Å². The van der Waals surface area contributed by atoms with Gasteiger partial charge in [-0.3, -0.25) is 4.79 Å². The summed E-state index contributed by atoms with van der Waals surface area (Å²) in [6.07, 6.45) is 1.36. The van der Waals surface area contributed by atoms with Crippen molar-refractivity contribution < 1.29 is 14.7 Å². The summed E-state index contributed by atoms with van der Waals surface area (Å²) in [5.41, 5.74) is -0.400. The summed E-state index contributed by atoms with van der Waals surface area (Å²) in [5.74, 6) is -0.960. The van der Waals surface area contributed by atoms with Crippen molar-refractivity contribution in [2.45, 2.75) is 6.92 Å². The molecule has 0 unspecified atom stereocenters. The fourth-order valence-corrected chi connectivity index (χ4v) is 0.764.